The number of H-pyrrole nitrogens is 1. The van der Waals surface area contributed by atoms with E-state index in [0.29, 0.717) is 18.1 Å². The second-order valence-electron chi connectivity index (χ2n) is 7.77. The summed E-state index contributed by atoms with van der Waals surface area (Å²) < 4.78 is 41.0. The average Bonchev–Trinajstić information content (AvgIpc) is 3.22. The monoisotopic (exact) mass is 441 g/mol. The van der Waals surface area contributed by atoms with Gasteiger partial charge in [-0.1, -0.05) is 30.3 Å². The lowest BCUT2D eigenvalue weighted by molar-refractivity contribution is -0.137. The van der Waals surface area contributed by atoms with E-state index in [1.54, 1.807) is 6.07 Å². The van der Waals surface area contributed by atoms with Crippen LogP contribution in [-0.2, 0) is 6.18 Å². The zero-order valence-electron chi connectivity index (χ0n) is 17.2. The summed E-state index contributed by atoms with van der Waals surface area (Å²) in [4.78, 5) is 11.3. The first-order valence-corrected chi connectivity index (χ1v) is 10.5. The van der Waals surface area contributed by atoms with Crippen LogP contribution in [0.15, 0.2) is 58.5 Å². The first-order chi connectivity index (χ1) is 15.5. The van der Waals surface area contributed by atoms with Crippen LogP contribution in [0, 0.1) is 0 Å². The van der Waals surface area contributed by atoms with Crippen LogP contribution in [0.25, 0.3) is 10.9 Å². The normalized spacial score (nSPS) is 20.2. The third-order valence-corrected chi connectivity index (χ3v) is 5.67. The number of anilines is 1. The molecule has 7 nitrogen and oxygen atoms in total. The highest BCUT2D eigenvalue weighted by atomic mass is 19.4. The standard InChI is InChI=1S/C22H22F3N7/c23-22(24,25)16-7-3-1-5-14(16)20-27-18(13-19(29-20)32-11-9-26-10-12-32)28-21-15-6-2-4-8-17(15)30-31-21/h1-8,19,26H,9-13H2,(H2,27,28,29,30,31). The molecule has 5 rings (SSSR count). The van der Waals surface area contributed by atoms with Crippen LogP contribution in [0.5, 0.6) is 0 Å². The lowest BCUT2D eigenvalue weighted by Gasteiger charge is -2.34. The van der Waals surface area contributed by atoms with Crippen LogP contribution in [0.2, 0.25) is 0 Å². The molecule has 1 atom stereocenters. The van der Waals surface area contributed by atoms with Gasteiger partial charge in [-0.3, -0.25) is 10.00 Å². The second kappa shape index (κ2) is 8.36. The summed E-state index contributed by atoms with van der Waals surface area (Å²) in [5.41, 5.74) is 0.0976. The number of nitrogens with zero attached hydrogens (tertiary/aromatic N) is 4. The van der Waals surface area contributed by atoms with Gasteiger partial charge in [0, 0.05) is 43.5 Å². The van der Waals surface area contributed by atoms with Crippen molar-refractivity contribution in [2.75, 3.05) is 31.5 Å². The van der Waals surface area contributed by atoms with Crippen LogP contribution in [-0.4, -0.2) is 59.1 Å². The van der Waals surface area contributed by atoms with E-state index < -0.39 is 11.7 Å². The minimum Gasteiger partial charge on any atom is -0.326 e. The number of alkyl halides is 3. The highest BCUT2D eigenvalue weighted by Crippen LogP contribution is 2.33. The van der Waals surface area contributed by atoms with E-state index in [0.717, 1.165) is 43.1 Å². The number of aromatic nitrogens is 2. The molecule has 1 unspecified atom stereocenters. The number of nitrogens with one attached hydrogen (secondary N) is 3. The van der Waals surface area contributed by atoms with Crippen molar-refractivity contribution in [3.63, 3.8) is 0 Å². The Bertz CT molecular complexity index is 1180. The van der Waals surface area contributed by atoms with Gasteiger partial charge in [0.05, 0.1) is 11.1 Å². The number of aromatic amines is 1. The molecule has 0 bridgehead atoms. The van der Waals surface area contributed by atoms with Gasteiger partial charge >= 0.3 is 6.18 Å². The van der Waals surface area contributed by atoms with Crippen molar-refractivity contribution >= 4 is 28.4 Å². The van der Waals surface area contributed by atoms with E-state index in [9.17, 15) is 13.2 Å². The number of hydrogen-bond acceptors (Lipinski definition) is 6. The molecular weight excluding hydrogens is 419 g/mol. The smallest absolute Gasteiger partial charge is 0.326 e. The van der Waals surface area contributed by atoms with Gasteiger partial charge in [0.15, 0.2) is 11.7 Å². The molecular formula is C22H22F3N7. The van der Waals surface area contributed by atoms with Crippen molar-refractivity contribution in [2.24, 2.45) is 9.98 Å². The SMILES string of the molecule is FC(F)(F)c1ccccc1C1=NC(N2CCNCC2)CC(Nc2n[nH]c3ccccc23)=N1. The molecule has 1 aromatic heterocycles. The van der Waals surface area contributed by atoms with Crippen molar-refractivity contribution < 1.29 is 13.2 Å². The molecule has 166 valence electrons. The zero-order chi connectivity index (χ0) is 22.1. The number of amidine groups is 2. The topological polar surface area (TPSA) is 80.7 Å². The van der Waals surface area contributed by atoms with Gasteiger partial charge in [0.2, 0.25) is 0 Å². The molecule has 0 amide bonds. The Morgan fingerprint density at radius 3 is 2.56 bits per heavy atom. The van der Waals surface area contributed by atoms with Gasteiger partial charge in [0.25, 0.3) is 0 Å². The molecule has 10 heteroatoms. The largest absolute Gasteiger partial charge is 0.417 e. The number of benzene rings is 2. The Balaban J connectivity index is 1.54. The highest BCUT2D eigenvalue weighted by molar-refractivity contribution is 6.13. The highest BCUT2D eigenvalue weighted by Gasteiger charge is 2.35. The summed E-state index contributed by atoms with van der Waals surface area (Å²) in [6, 6.07) is 13.1. The van der Waals surface area contributed by atoms with Crippen LogP contribution in [0.1, 0.15) is 17.5 Å². The molecule has 2 aliphatic rings. The molecule has 0 radical (unpaired) electrons. The van der Waals surface area contributed by atoms with Gasteiger partial charge in [0.1, 0.15) is 12.0 Å². The number of aliphatic imine (C=N–C) groups is 2. The Morgan fingerprint density at radius 1 is 1.00 bits per heavy atom. The molecule has 32 heavy (non-hydrogen) atoms. The maximum Gasteiger partial charge on any atom is 0.417 e. The molecule has 0 saturated carbocycles. The van der Waals surface area contributed by atoms with Gasteiger partial charge in [-0.25, -0.2) is 9.98 Å². The second-order valence-corrected chi connectivity index (χ2v) is 7.77. The van der Waals surface area contributed by atoms with Crippen LogP contribution >= 0.6 is 0 Å². The summed E-state index contributed by atoms with van der Waals surface area (Å²) in [5.74, 6) is 1.20. The maximum absolute atomic E-state index is 13.7. The third-order valence-electron chi connectivity index (χ3n) is 5.67. The predicted octanol–water partition coefficient (Wildman–Crippen LogP) is 3.47. The summed E-state index contributed by atoms with van der Waals surface area (Å²) in [6.07, 6.45) is -4.35. The fourth-order valence-electron chi connectivity index (χ4n) is 4.08. The van der Waals surface area contributed by atoms with Gasteiger partial charge < -0.3 is 10.6 Å². The van der Waals surface area contributed by atoms with E-state index in [2.05, 4.69) is 35.7 Å². The summed E-state index contributed by atoms with van der Waals surface area (Å²) >= 11 is 0. The van der Waals surface area contributed by atoms with E-state index >= 15 is 0 Å². The minimum absolute atomic E-state index is 0.0222. The Morgan fingerprint density at radius 2 is 1.75 bits per heavy atom. The van der Waals surface area contributed by atoms with Crippen molar-refractivity contribution in [3.05, 3.63) is 59.7 Å². The molecule has 3 heterocycles. The van der Waals surface area contributed by atoms with E-state index in [1.165, 1.54) is 12.1 Å². The van der Waals surface area contributed by atoms with Gasteiger partial charge in [-0.05, 0) is 18.2 Å². The number of para-hydroxylation sites is 1. The summed E-state index contributed by atoms with van der Waals surface area (Å²) in [6.45, 7) is 3.15. The Labute approximate surface area is 182 Å². The quantitative estimate of drug-likeness (QED) is 0.582. The zero-order valence-corrected chi connectivity index (χ0v) is 17.2. The first kappa shape index (κ1) is 20.7. The number of piperazine rings is 1. The maximum atomic E-state index is 13.7. The average molecular weight is 441 g/mol. The lowest BCUT2D eigenvalue weighted by atomic mass is 10.1. The third kappa shape index (κ3) is 4.11. The molecule has 1 saturated heterocycles. The molecule has 1 fully saturated rings. The number of fused-ring (bicyclic) bond motifs is 1. The first-order valence-electron chi connectivity index (χ1n) is 10.5. The van der Waals surface area contributed by atoms with E-state index in [-0.39, 0.29) is 17.6 Å². The minimum atomic E-state index is -4.50. The number of halogens is 3. The molecule has 0 aliphatic carbocycles. The molecule has 2 aromatic carbocycles. The fourth-order valence-corrected chi connectivity index (χ4v) is 4.08. The van der Waals surface area contributed by atoms with Crippen molar-refractivity contribution in [1.82, 2.24) is 20.4 Å². The van der Waals surface area contributed by atoms with Crippen LogP contribution < -0.4 is 10.6 Å². The number of rotatable bonds is 3. The van der Waals surface area contributed by atoms with Crippen LogP contribution in [0.3, 0.4) is 0 Å². The lowest BCUT2D eigenvalue weighted by Crippen LogP contribution is -2.49. The molecule has 3 aromatic rings. The summed E-state index contributed by atoms with van der Waals surface area (Å²) in [5, 5.41) is 14.7. The van der Waals surface area contributed by atoms with E-state index in [4.69, 9.17) is 0 Å². The predicted molar refractivity (Wildman–Crippen MR) is 118 cm³/mol. The molecule has 3 N–H and O–H groups in total. The van der Waals surface area contributed by atoms with E-state index in [1.807, 2.05) is 24.3 Å². The van der Waals surface area contributed by atoms with Crippen molar-refractivity contribution in [3.8, 4) is 0 Å². The van der Waals surface area contributed by atoms with Crippen molar-refractivity contribution in [2.45, 2.75) is 18.8 Å². The fraction of sp³-hybridized carbons (Fsp3) is 0.318. The number of hydrogen-bond donors (Lipinski definition) is 3. The van der Waals surface area contributed by atoms with Crippen molar-refractivity contribution in [1.29, 1.82) is 0 Å². The molecule has 2 aliphatic heterocycles. The summed E-state index contributed by atoms with van der Waals surface area (Å²) in [7, 11) is 0. The van der Waals surface area contributed by atoms with Gasteiger partial charge in [-0.15, -0.1) is 0 Å². The van der Waals surface area contributed by atoms with Gasteiger partial charge in [-0.2, -0.15) is 18.3 Å². The molecule has 0 spiro atoms. The Hall–Kier alpha value is -3.24. The Kier molecular flexibility index (Phi) is 5.40. The van der Waals surface area contributed by atoms with Crippen LogP contribution in [0.4, 0.5) is 19.0 Å².